The minimum absolute atomic E-state index is 0.0923. The molecule has 7 heteroatoms. The minimum Gasteiger partial charge on any atom is -0.374 e. The van der Waals surface area contributed by atoms with Crippen LogP contribution >= 0.6 is 0 Å². The van der Waals surface area contributed by atoms with Gasteiger partial charge in [-0.25, -0.2) is 9.49 Å². The standard InChI is InChI=1S/C26H25FN4O2/c1-16(18-7-8-18)30-12-26(13-30)14-31(15-26)25(33)21-10-17(6-9-22(21)27)11-23-19-4-2-3-5-20(19)24(32)29-28-23/h2-6,9-10,18H,1,7-8,11-15H2,(H,29,32). The number of hydrogen-bond donors (Lipinski definition) is 1. The van der Waals surface area contributed by atoms with Crippen LogP contribution in [0.4, 0.5) is 4.39 Å². The van der Waals surface area contributed by atoms with Gasteiger partial charge >= 0.3 is 0 Å². The average Bonchev–Trinajstić information content (AvgIpc) is 3.60. The minimum atomic E-state index is -0.513. The fraction of sp³-hybridized carbons (Fsp3) is 0.346. The van der Waals surface area contributed by atoms with Crippen LogP contribution in [-0.4, -0.2) is 52.1 Å². The summed E-state index contributed by atoms with van der Waals surface area (Å²) in [6.07, 6.45) is 2.87. The smallest absolute Gasteiger partial charge is 0.272 e. The largest absolute Gasteiger partial charge is 0.374 e. The summed E-state index contributed by atoms with van der Waals surface area (Å²) in [5.74, 6) is -0.119. The van der Waals surface area contributed by atoms with E-state index >= 15 is 0 Å². The molecule has 3 aliphatic rings. The molecular weight excluding hydrogens is 419 g/mol. The molecule has 3 aromatic rings. The number of likely N-dealkylation sites (tertiary alicyclic amines) is 2. The molecule has 3 fully saturated rings. The number of allylic oxidation sites excluding steroid dienone is 1. The Balaban J connectivity index is 1.17. The van der Waals surface area contributed by atoms with Crippen molar-refractivity contribution >= 4 is 16.7 Å². The highest BCUT2D eigenvalue weighted by molar-refractivity contribution is 5.95. The van der Waals surface area contributed by atoms with Crippen LogP contribution in [0.1, 0.15) is 34.5 Å². The lowest BCUT2D eigenvalue weighted by molar-refractivity contribution is -0.0853. The van der Waals surface area contributed by atoms with E-state index in [9.17, 15) is 14.0 Å². The number of fused-ring (bicyclic) bond motifs is 1. The Labute approximate surface area is 190 Å². The zero-order valence-electron chi connectivity index (χ0n) is 18.3. The lowest BCUT2D eigenvalue weighted by Crippen LogP contribution is -2.72. The van der Waals surface area contributed by atoms with Crippen molar-refractivity contribution in [1.82, 2.24) is 20.0 Å². The Morgan fingerprint density at radius 2 is 1.79 bits per heavy atom. The Hall–Kier alpha value is -3.48. The first-order valence-electron chi connectivity index (χ1n) is 11.4. The summed E-state index contributed by atoms with van der Waals surface area (Å²) in [6.45, 7) is 7.43. The molecule has 1 aromatic heterocycles. The fourth-order valence-corrected chi connectivity index (χ4v) is 5.26. The van der Waals surface area contributed by atoms with Gasteiger partial charge in [0.15, 0.2) is 0 Å². The molecule has 2 aromatic carbocycles. The van der Waals surface area contributed by atoms with Crippen molar-refractivity contribution in [2.24, 2.45) is 11.3 Å². The Morgan fingerprint density at radius 1 is 1.09 bits per heavy atom. The van der Waals surface area contributed by atoms with Gasteiger partial charge in [0.05, 0.1) is 16.6 Å². The van der Waals surface area contributed by atoms with E-state index in [4.69, 9.17) is 0 Å². The summed E-state index contributed by atoms with van der Waals surface area (Å²) in [7, 11) is 0. The number of carbonyl (C=O) groups excluding carboxylic acids is 1. The number of nitrogens with one attached hydrogen (secondary N) is 1. The molecule has 3 heterocycles. The first kappa shape index (κ1) is 20.1. The van der Waals surface area contributed by atoms with E-state index in [1.807, 2.05) is 12.1 Å². The number of aromatic nitrogens is 2. The maximum atomic E-state index is 14.6. The van der Waals surface area contributed by atoms with Crippen molar-refractivity contribution in [3.8, 4) is 0 Å². The first-order chi connectivity index (χ1) is 15.9. The van der Waals surface area contributed by atoms with E-state index in [0.29, 0.717) is 36.5 Å². The Kier molecular flexibility index (Phi) is 4.44. The van der Waals surface area contributed by atoms with Crippen molar-refractivity contribution in [2.75, 3.05) is 26.2 Å². The predicted molar refractivity (Wildman–Crippen MR) is 123 cm³/mol. The molecule has 0 radical (unpaired) electrons. The highest BCUT2D eigenvalue weighted by Crippen LogP contribution is 2.46. The third-order valence-electron chi connectivity index (χ3n) is 7.25. The van der Waals surface area contributed by atoms with Crippen LogP contribution in [0.15, 0.2) is 59.5 Å². The van der Waals surface area contributed by atoms with Gasteiger partial charge < -0.3 is 9.80 Å². The molecule has 0 unspecified atom stereocenters. The molecule has 33 heavy (non-hydrogen) atoms. The number of aromatic amines is 1. The molecule has 1 N–H and O–H groups in total. The van der Waals surface area contributed by atoms with Crippen molar-refractivity contribution < 1.29 is 9.18 Å². The van der Waals surface area contributed by atoms with Crippen molar-refractivity contribution in [2.45, 2.75) is 19.3 Å². The normalized spacial score (nSPS) is 18.8. The molecule has 0 atom stereocenters. The van der Waals surface area contributed by atoms with Crippen LogP contribution in [0.5, 0.6) is 0 Å². The Morgan fingerprint density at radius 3 is 2.52 bits per heavy atom. The zero-order valence-corrected chi connectivity index (χ0v) is 18.3. The molecule has 6 rings (SSSR count). The summed E-state index contributed by atoms with van der Waals surface area (Å²) in [4.78, 5) is 29.2. The van der Waals surface area contributed by atoms with Crippen LogP contribution in [0, 0.1) is 17.2 Å². The molecule has 0 bridgehead atoms. The van der Waals surface area contributed by atoms with Crippen LogP contribution in [-0.2, 0) is 6.42 Å². The van der Waals surface area contributed by atoms with E-state index in [0.717, 1.165) is 24.0 Å². The number of halogens is 1. The fourth-order valence-electron chi connectivity index (χ4n) is 5.26. The van der Waals surface area contributed by atoms with Gasteiger partial charge in [-0.05, 0) is 42.5 Å². The molecule has 1 aliphatic carbocycles. The summed E-state index contributed by atoms with van der Waals surface area (Å²) in [6, 6.07) is 11.9. The molecule has 2 aliphatic heterocycles. The third kappa shape index (κ3) is 3.43. The molecule has 2 saturated heterocycles. The van der Waals surface area contributed by atoms with Crippen LogP contribution < -0.4 is 5.56 Å². The number of benzene rings is 2. The second-order valence-corrected chi connectivity index (χ2v) is 9.82. The van der Waals surface area contributed by atoms with E-state index < -0.39 is 5.82 Å². The molecular formula is C26H25FN4O2. The maximum absolute atomic E-state index is 14.6. The Bertz CT molecular complexity index is 1350. The van der Waals surface area contributed by atoms with Gasteiger partial charge in [-0.2, -0.15) is 5.10 Å². The molecule has 1 saturated carbocycles. The lowest BCUT2D eigenvalue weighted by Gasteiger charge is -2.61. The summed E-state index contributed by atoms with van der Waals surface area (Å²) < 4.78 is 14.6. The first-order valence-corrected chi connectivity index (χ1v) is 11.4. The van der Waals surface area contributed by atoms with Gasteiger partial charge in [-0.15, -0.1) is 0 Å². The zero-order chi connectivity index (χ0) is 22.7. The quantitative estimate of drug-likeness (QED) is 0.656. The highest BCUT2D eigenvalue weighted by atomic mass is 19.1. The van der Waals surface area contributed by atoms with E-state index in [2.05, 4.69) is 21.7 Å². The molecule has 1 amide bonds. The summed E-state index contributed by atoms with van der Waals surface area (Å²) >= 11 is 0. The van der Waals surface area contributed by atoms with Gasteiger partial charge in [-0.1, -0.05) is 30.8 Å². The van der Waals surface area contributed by atoms with E-state index in [1.54, 1.807) is 29.2 Å². The monoisotopic (exact) mass is 444 g/mol. The molecule has 1 spiro atoms. The number of H-pyrrole nitrogens is 1. The van der Waals surface area contributed by atoms with Gasteiger partial charge in [0.25, 0.3) is 11.5 Å². The number of hydrogen-bond acceptors (Lipinski definition) is 4. The SMILES string of the molecule is C=C(C1CC1)N1CC2(C1)CN(C(=O)c1cc(Cc3n[nH]c(=O)c4ccccc34)ccc1F)C2. The highest BCUT2D eigenvalue weighted by Gasteiger charge is 2.54. The van der Waals surface area contributed by atoms with Crippen LogP contribution in [0.2, 0.25) is 0 Å². The predicted octanol–water partition coefficient (Wildman–Crippen LogP) is 3.33. The average molecular weight is 445 g/mol. The van der Waals surface area contributed by atoms with Crippen LogP contribution in [0.3, 0.4) is 0 Å². The number of rotatable bonds is 5. The van der Waals surface area contributed by atoms with E-state index in [-0.39, 0.29) is 22.4 Å². The number of nitrogens with zero attached hydrogens (tertiary/aromatic N) is 3. The molecule has 6 nitrogen and oxygen atoms in total. The molecule has 168 valence electrons. The van der Waals surface area contributed by atoms with E-state index in [1.165, 1.54) is 24.6 Å². The van der Waals surface area contributed by atoms with Gasteiger partial charge in [0.2, 0.25) is 0 Å². The lowest BCUT2D eigenvalue weighted by atomic mass is 9.72. The summed E-state index contributed by atoms with van der Waals surface area (Å²) in [5, 5.41) is 8.04. The number of carbonyl (C=O) groups is 1. The van der Waals surface area contributed by atoms with Crippen molar-refractivity contribution in [3.63, 3.8) is 0 Å². The maximum Gasteiger partial charge on any atom is 0.272 e. The van der Waals surface area contributed by atoms with Crippen molar-refractivity contribution in [3.05, 3.63) is 87.7 Å². The van der Waals surface area contributed by atoms with Gasteiger partial charge in [0, 0.05) is 49.1 Å². The van der Waals surface area contributed by atoms with Crippen LogP contribution in [0.25, 0.3) is 10.8 Å². The third-order valence-corrected chi connectivity index (χ3v) is 7.25. The second-order valence-electron chi connectivity index (χ2n) is 9.82. The summed E-state index contributed by atoms with van der Waals surface area (Å²) in [5.41, 5.74) is 2.69. The second kappa shape index (κ2) is 7.27. The van der Waals surface area contributed by atoms with Gasteiger partial charge in [0.1, 0.15) is 5.82 Å². The number of amides is 1. The topological polar surface area (TPSA) is 69.3 Å². The van der Waals surface area contributed by atoms with Gasteiger partial charge in [-0.3, -0.25) is 9.59 Å². The van der Waals surface area contributed by atoms with Crippen molar-refractivity contribution in [1.29, 1.82) is 0 Å².